The monoisotopic (exact) mass is 306 g/mol. The second-order valence-corrected chi connectivity index (χ2v) is 4.40. The molecule has 1 rings (SSSR count). The smallest absolute Gasteiger partial charge is 0.373 e. The molecule has 0 aliphatic carbocycles. The lowest BCUT2D eigenvalue weighted by atomic mass is 10.1. The first-order valence-electron chi connectivity index (χ1n) is 4.81. The molecule has 0 aliphatic rings. The first kappa shape index (κ1) is 13.8. The summed E-state index contributed by atoms with van der Waals surface area (Å²) in [5.41, 5.74) is -0.622. The van der Waals surface area contributed by atoms with Gasteiger partial charge in [0.15, 0.2) is 0 Å². The third kappa shape index (κ3) is 3.63. The van der Waals surface area contributed by atoms with Gasteiger partial charge in [-0.25, -0.2) is 0 Å². The topological polar surface area (TPSA) is 27.0 Å². The minimum absolute atomic E-state index is 0.0796. The van der Waals surface area contributed by atoms with Crippen molar-refractivity contribution < 1.29 is 13.2 Å². The van der Waals surface area contributed by atoms with E-state index in [1.165, 1.54) is 18.0 Å². The van der Waals surface area contributed by atoms with Crippen molar-refractivity contribution in [2.45, 2.75) is 12.6 Å². The summed E-state index contributed by atoms with van der Waals surface area (Å²) in [5, 5.41) is 8.43. The van der Waals surface area contributed by atoms with E-state index >= 15 is 0 Å². The van der Waals surface area contributed by atoms with Gasteiger partial charge in [-0.2, -0.15) is 18.4 Å². The maximum absolute atomic E-state index is 12.8. The van der Waals surface area contributed by atoms with Gasteiger partial charge in [0.2, 0.25) is 0 Å². The van der Waals surface area contributed by atoms with E-state index in [4.69, 9.17) is 5.26 Å². The van der Waals surface area contributed by atoms with E-state index in [-0.39, 0.29) is 18.7 Å². The number of nitriles is 1. The maximum atomic E-state index is 12.8. The van der Waals surface area contributed by atoms with Crippen molar-refractivity contribution in [1.82, 2.24) is 0 Å². The zero-order valence-corrected chi connectivity index (χ0v) is 10.6. The molecule has 0 aromatic heterocycles. The molecule has 0 N–H and O–H groups in total. The lowest BCUT2D eigenvalue weighted by molar-refractivity contribution is -0.137. The molecule has 0 bridgehead atoms. The standard InChI is InChI=1S/C11H10BrF3N2/c1-17(6-2-5-16)10-4-3-8(12)7-9(10)11(13,14)15/h3-4,7H,2,6H2,1H3. The predicted octanol–water partition coefficient (Wildman–Crippen LogP) is 3.82. The van der Waals surface area contributed by atoms with Crippen LogP contribution in [0.3, 0.4) is 0 Å². The Bertz CT molecular complexity index is 437. The van der Waals surface area contributed by atoms with Crippen LogP contribution in [0.4, 0.5) is 18.9 Å². The first-order valence-corrected chi connectivity index (χ1v) is 5.60. The van der Waals surface area contributed by atoms with Crippen molar-refractivity contribution in [2.75, 3.05) is 18.5 Å². The molecule has 0 fully saturated rings. The zero-order chi connectivity index (χ0) is 13.1. The molecule has 0 amide bonds. The van der Waals surface area contributed by atoms with Crippen LogP contribution in [-0.2, 0) is 6.18 Å². The average molecular weight is 307 g/mol. The molecular weight excluding hydrogens is 297 g/mol. The van der Waals surface area contributed by atoms with E-state index in [0.717, 1.165) is 6.07 Å². The van der Waals surface area contributed by atoms with Gasteiger partial charge in [0.25, 0.3) is 0 Å². The van der Waals surface area contributed by atoms with Crippen LogP contribution in [0.1, 0.15) is 12.0 Å². The number of hydrogen-bond donors (Lipinski definition) is 0. The summed E-state index contributed by atoms with van der Waals surface area (Å²) in [4.78, 5) is 1.43. The summed E-state index contributed by atoms with van der Waals surface area (Å²) in [6.07, 6.45) is -4.22. The largest absolute Gasteiger partial charge is 0.418 e. The van der Waals surface area contributed by atoms with Gasteiger partial charge in [-0.05, 0) is 18.2 Å². The molecule has 0 spiro atoms. The van der Waals surface area contributed by atoms with Crippen molar-refractivity contribution in [1.29, 1.82) is 5.26 Å². The van der Waals surface area contributed by atoms with E-state index in [1.807, 2.05) is 6.07 Å². The predicted molar refractivity (Wildman–Crippen MR) is 62.6 cm³/mol. The Hall–Kier alpha value is -1.22. The first-order chi connectivity index (χ1) is 7.86. The highest BCUT2D eigenvalue weighted by Gasteiger charge is 2.34. The third-order valence-corrected chi connectivity index (χ3v) is 2.73. The van der Waals surface area contributed by atoms with Gasteiger partial charge < -0.3 is 4.90 Å². The Balaban J connectivity index is 3.11. The van der Waals surface area contributed by atoms with Crippen LogP contribution in [0.25, 0.3) is 0 Å². The number of benzene rings is 1. The number of halogens is 4. The highest BCUT2D eigenvalue weighted by Crippen LogP contribution is 2.37. The molecule has 0 atom stereocenters. The van der Waals surface area contributed by atoms with Gasteiger partial charge in [0.05, 0.1) is 18.1 Å². The molecule has 0 heterocycles. The molecular formula is C11H10BrF3N2. The zero-order valence-electron chi connectivity index (χ0n) is 9.05. The number of anilines is 1. The lowest BCUT2D eigenvalue weighted by Gasteiger charge is -2.22. The molecule has 92 valence electrons. The maximum Gasteiger partial charge on any atom is 0.418 e. The average Bonchev–Trinajstić information content (AvgIpc) is 2.24. The Kier molecular flexibility index (Phi) is 4.40. The van der Waals surface area contributed by atoms with Crippen LogP contribution >= 0.6 is 15.9 Å². The quantitative estimate of drug-likeness (QED) is 0.849. The summed E-state index contributed by atoms with van der Waals surface area (Å²) in [6, 6.07) is 5.89. The van der Waals surface area contributed by atoms with Crippen molar-refractivity contribution in [3.63, 3.8) is 0 Å². The molecule has 17 heavy (non-hydrogen) atoms. The molecule has 0 radical (unpaired) electrons. The second kappa shape index (κ2) is 5.41. The normalized spacial score (nSPS) is 11.1. The molecule has 6 heteroatoms. The molecule has 0 saturated carbocycles. The van der Waals surface area contributed by atoms with Crippen molar-refractivity contribution >= 4 is 21.6 Å². The molecule has 1 aromatic rings. The molecule has 2 nitrogen and oxygen atoms in total. The fourth-order valence-corrected chi connectivity index (χ4v) is 1.77. The van der Waals surface area contributed by atoms with E-state index in [0.29, 0.717) is 4.47 Å². The minimum atomic E-state index is -4.40. The van der Waals surface area contributed by atoms with E-state index in [2.05, 4.69) is 15.9 Å². The lowest BCUT2D eigenvalue weighted by Crippen LogP contribution is -2.22. The Morgan fingerprint density at radius 1 is 1.41 bits per heavy atom. The number of rotatable bonds is 3. The van der Waals surface area contributed by atoms with Crippen LogP contribution < -0.4 is 4.90 Å². The van der Waals surface area contributed by atoms with E-state index < -0.39 is 11.7 Å². The fraction of sp³-hybridized carbons (Fsp3) is 0.364. The van der Waals surface area contributed by atoms with Gasteiger partial charge >= 0.3 is 6.18 Å². The highest BCUT2D eigenvalue weighted by molar-refractivity contribution is 9.10. The van der Waals surface area contributed by atoms with Gasteiger partial charge in [-0.15, -0.1) is 0 Å². The summed E-state index contributed by atoms with van der Waals surface area (Å²) in [5.74, 6) is 0. The van der Waals surface area contributed by atoms with E-state index in [1.54, 1.807) is 6.07 Å². The van der Waals surface area contributed by atoms with E-state index in [9.17, 15) is 13.2 Å². The summed E-state index contributed by atoms with van der Waals surface area (Å²) >= 11 is 3.02. The molecule has 0 aliphatic heterocycles. The number of nitrogens with zero attached hydrogens (tertiary/aromatic N) is 2. The Morgan fingerprint density at radius 3 is 2.59 bits per heavy atom. The van der Waals surface area contributed by atoms with Crippen LogP contribution in [0.2, 0.25) is 0 Å². The van der Waals surface area contributed by atoms with Gasteiger partial charge in [0, 0.05) is 23.8 Å². The Labute approximate surface area is 106 Å². The van der Waals surface area contributed by atoms with Crippen LogP contribution in [0.5, 0.6) is 0 Å². The Morgan fingerprint density at radius 2 is 2.06 bits per heavy atom. The summed E-state index contributed by atoms with van der Waals surface area (Å²) < 4.78 is 38.8. The summed E-state index contributed by atoms with van der Waals surface area (Å²) in [6.45, 7) is 0.265. The van der Waals surface area contributed by atoms with Crippen LogP contribution in [0, 0.1) is 11.3 Å². The number of hydrogen-bond acceptors (Lipinski definition) is 2. The highest BCUT2D eigenvalue weighted by atomic mass is 79.9. The van der Waals surface area contributed by atoms with Crippen molar-refractivity contribution in [3.8, 4) is 6.07 Å². The molecule has 0 unspecified atom stereocenters. The van der Waals surface area contributed by atoms with Crippen LogP contribution in [0.15, 0.2) is 22.7 Å². The van der Waals surface area contributed by atoms with Crippen molar-refractivity contribution in [2.24, 2.45) is 0 Å². The summed E-state index contributed by atoms with van der Waals surface area (Å²) in [7, 11) is 1.54. The minimum Gasteiger partial charge on any atom is -0.373 e. The SMILES string of the molecule is CN(CCC#N)c1ccc(Br)cc1C(F)(F)F. The molecule has 1 aromatic carbocycles. The van der Waals surface area contributed by atoms with Crippen molar-refractivity contribution in [3.05, 3.63) is 28.2 Å². The van der Waals surface area contributed by atoms with Gasteiger partial charge in [-0.1, -0.05) is 15.9 Å². The van der Waals surface area contributed by atoms with Gasteiger partial charge in [-0.3, -0.25) is 0 Å². The van der Waals surface area contributed by atoms with Crippen LogP contribution in [-0.4, -0.2) is 13.6 Å². The van der Waals surface area contributed by atoms with Gasteiger partial charge in [0.1, 0.15) is 0 Å². The number of alkyl halides is 3. The third-order valence-electron chi connectivity index (χ3n) is 2.23. The fourth-order valence-electron chi connectivity index (χ4n) is 1.41. The second-order valence-electron chi connectivity index (χ2n) is 3.49. The molecule has 0 saturated heterocycles.